The van der Waals surface area contributed by atoms with E-state index in [0.717, 1.165) is 43.5 Å². The molecule has 0 atom stereocenters. The van der Waals surface area contributed by atoms with Crippen LogP contribution in [0.15, 0.2) is 41.9 Å². The van der Waals surface area contributed by atoms with Gasteiger partial charge in [0.2, 0.25) is 6.79 Å². The molecule has 7 nitrogen and oxygen atoms in total. The van der Waals surface area contributed by atoms with E-state index in [1.807, 2.05) is 22.9 Å². The first-order valence-corrected chi connectivity index (χ1v) is 7.64. The predicted molar refractivity (Wildman–Crippen MR) is 87.9 cm³/mol. The minimum absolute atomic E-state index is 0.310. The molecule has 1 aromatic heterocycles. The number of hydrogen-bond donors (Lipinski definition) is 2. The zero-order valence-electron chi connectivity index (χ0n) is 13.2. The molecule has 1 aromatic carbocycles. The average Bonchev–Trinajstić information content (AvgIpc) is 3.24. The number of guanidine groups is 1. The van der Waals surface area contributed by atoms with Crippen molar-refractivity contribution in [3.63, 3.8) is 0 Å². The van der Waals surface area contributed by atoms with E-state index < -0.39 is 0 Å². The van der Waals surface area contributed by atoms with Gasteiger partial charge in [0.05, 0.1) is 6.33 Å². The molecule has 7 heteroatoms. The monoisotopic (exact) mass is 315 g/mol. The van der Waals surface area contributed by atoms with Crippen LogP contribution in [0, 0.1) is 0 Å². The summed E-state index contributed by atoms with van der Waals surface area (Å²) < 4.78 is 12.7. The van der Waals surface area contributed by atoms with Gasteiger partial charge in [0.25, 0.3) is 0 Å². The normalized spacial score (nSPS) is 13.2. The number of nitrogens with one attached hydrogen (secondary N) is 2. The van der Waals surface area contributed by atoms with Crippen LogP contribution in [0.25, 0.3) is 0 Å². The maximum absolute atomic E-state index is 5.39. The van der Waals surface area contributed by atoms with Crippen LogP contribution >= 0.6 is 0 Å². The van der Waals surface area contributed by atoms with E-state index in [9.17, 15) is 0 Å². The van der Waals surface area contributed by atoms with E-state index >= 15 is 0 Å². The lowest BCUT2D eigenvalue weighted by Gasteiger charge is -2.12. The van der Waals surface area contributed by atoms with Gasteiger partial charge in [-0.3, -0.25) is 4.99 Å². The van der Waals surface area contributed by atoms with Gasteiger partial charge in [0.15, 0.2) is 17.5 Å². The van der Waals surface area contributed by atoms with Crippen LogP contribution in [0.2, 0.25) is 0 Å². The Morgan fingerprint density at radius 1 is 1.26 bits per heavy atom. The second-order valence-electron chi connectivity index (χ2n) is 5.16. The minimum Gasteiger partial charge on any atom is -0.454 e. The van der Waals surface area contributed by atoms with E-state index in [2.05, 4.69) is 26.7 Å². The number of aliphatic imine (C=N–C) groups is 1. The predicted octanol–water partition coefficient (Wildman–Crippen LogP) is 1.02. The molecule has 0 bridgehead atoms. The standard InChI is InChI=1S/C16H21N5O2/c1-17-16(20-7-9-21-8-6-18-11-21)19-5-4-13-2-3-14-15(10-13)23-12-22-14/h2-3,6,8,10-11H,4-5,7,9,12H2,1H3,(H2,17,19,20). The molecule has 0 radical (unpaired) electrons. The molecule has 122 valence electrons. The highest BCUT2D eigenvalue weighted by atomic mass is 16.7. The van der Waals surface area contributed by atoms with Crippen LogP contribution in [0.1, 0.15) is 5.56 Å². The second kappa shape index (κ2) is 7.53. The van der Waals surface area contributed by atoms with Crippen molar-refractivity contribution in [1.29, 1.82) is 0 Å². The third-order valence-corrected chi connectivity index (χ3v) is 3.59. The van der Waals surface area contributed by atoms with Gasteiger partial charge >= 0.3 is 0 Å². The van der Waals surface area contributed by atoms with Crippen molar-refractivity contribution in [1.82, 2.24) is 20.2 Å². The maximum Gasteiger partial charge on any atom is 0.231 e. The molecule has 0 saturated carbocycles. The first kappa shape index (κ1) is 15.2. The highest BCUT2D eigenvalue weighted by Gasteiger charge is 2.12. The van der Waals surface area contributed by atoms with Gasteiger partial charge in [-0.15, -0.1) is 0 Å². The third kappa shape index (κ3) is 4.15. The van der Waals surface area contributed by atoms with Gasteiger partial charge in [-0.25, -0.2) is 4.98 Å². The fourth-order valence-electron chi connectivity index (χ4n) is 2.36. The Morgan fingerprint density at radius 3 is 2.96 bits per heavy atom. The molecule has 1 aliphatic heterocycles. The number of nitrogens with zero attached hydrogens (tertiary/aromatic N) is 3. The van der Waals surface area contributed by atoms with Gasteiger partial charge in [-0.1, -0.05) is 6.07 Å². The van der Waals surface area contributed by atoms with Gasteiger partial charge in [-0.05, 0) is 24.1 Å². The Balaban J connectivity index is 1.40. The van der Waals surface area contributed by atoms with Crippen molar-refractivity contribution in [2.45, 2.75) is 13.0 Å². The summed E-state index contributed by atoms with van der Waals surface area (Å²) in [4.78, 5) is 8.24. The molecule has 0 amide bonds. The summed E-state index contributed by atoms with van der Waals surface area (Å²) in [5.41, 5.74) is 1.20. The van der Waals surface area contributed by atoms with Crippen molar-refractivity contribution < 1.29 is 9.47 Å². The molecule has 2 aromatic rings. The fourth-order valence-corrected chi connectivity index (χ4v) is 2.36. The number of fused-ring (bicyclic) bond motifs is 1. The molecule has 0 aliphatic carbocycles. The van der Waals surface area contributed by atoms with Crippen LogP contribution in [0.5, 0.6) is 11.5 Å². The Hall–Kier alpha value is -2.70. The molecule has 0 saturated heterocycles. The van der Waals surface area contributed by atoms with Gasteiger partial charge < -0.3 is 24.7 Å². The summed E-state index contributed by atoms with van der Waals surface area (Å²) >= 11 is 0. The Bertz CT molecular complexity index is 654. The summed E-state index contributed by atoms with van der Waals surface area (Å²) in [7, 11) is 1.77. The quantitative estimate of drug-likeness (QED) is 0.615. The van der Waals surface area contributed by atoms with Gasteiger partial charge in [-0.2, -0.15) is 0 Å². The zero-order valence-corrected chi connectivity index (χ0v) is 13.2. The molecule has 0 unspecified atom stereocenters. The first-order valence-electron chi connectivity index (χ1n) is 7.64. The molecule has 0 spiro atoms. The van der Waals surface area contributed by atoms with E-state index in [0.29, 0.717) is 6.79 Å². The summed E-state index contributed by atoms with van der Waals surface area (Å²) in [5, 5.41) is 6.59. The largest absolute Gasteiger partial charge is 0.454 e. The molecule has 0 fully saturated rings. The van der Waals surface area contributed by atoms with Crippen molar-refractivity contribution in [2.75, 3.05) is 26.9 Å². The highest BCUT2D eigenvalue weighted by molar-refractivity contribution is 5.79. The number of aromatic nitrogens is 2. The molecular formula is C16H21N5O2. The van der Waals surface area contributed by atoms with Crippen LogP contribution < -0.4 is 20.1 Å². The lowest BCUT2D eigenvalue weighted by atomic mass is 10.1. The zero-order chi connectivity index (χ0) is 15.9. The molecule has 1 aliphatic rings. The van der Waals surface area contributed by atoms with E-state index in [4.69, 9.17) is 9.47 Å². The van der Waals surface area contributed by atoms with Crippen molar-refractivity contribution in [3.05, 3.63) is 42.5 Å². The van der Waals surface area contributed by atoms with Gasteiger partial charge in [0.1, 0.15) is 0 Å². The van der Waals surface area contributed by atoms with Gasteiger partial charge in [0, 0.05) is 39.1 Å². The van der Waals surface area contributed by atoms with Crippen molar-refractivity contribution in [2.24, 2.45) is 4.99 Å². The number of ether oxygens (including phenoxy) is 2. The lowest BCUT2D eigenvalue weighted by Crippen LogP contribution is -2.39. The Kier molecular flexibility index (Phi) is 4.98. The molecule has 2 N–H and O–H groups in total. The molecule has 23 heavy (non-hydrogen) atoms. The number of hydrogen-bond acceptors (Lipinski definition) is 4. The van der Waals surface area contributed by atoms with Crippen LogP contribution in [0.3, 0.4) is 0 Å². The lowest BCUT2D eigenvalue weighted by molar-refractivity contribution is 0.174. The number of rotatable bonds is 6. The highest BCUT2D eigenvalue weighted by Crippen LogP contribution is 2.32. The summed E-state index contributed by atoms with van der Waals surface area (Å²) in [6.45, 7) is 2.75. The minimum atomic E-state index is 0.310. The Labute approximate surface area is 135 Å². The number of imidazole rings is 1. The molecule has 3 rings (SSSR count). The topological polar surface area (TPSA) is 72.7 Å². The molecular weight excluding hydrogens is 294 g/mol. The van der Waals surface area contributed by atoms with Crippen LogP contribution in [-0.4, -0.2) is 42.4 Å². The average molecular weight is 315 g/mol. The molecule has 2 heterocycles. The summed E-state index contributed by atoms with van der Waals surface area (Å²) in [6.07, 6.45) is 6.41. The van der Waals surface area contributed by atoms with Crippen LogP contribution in [-0.2, 0) is 13.0 Å². The SMILES string of the molecule is CN=C(NCCc1ccc2c(c1)OCO2)NCCn1ccnc1. The summed E-state index contributed by atoms with van der Waals surface area (Å²) in [5.74, 6) is 2.44. The third-order valence-electron chi connectivity index (χ3n) is 3.59. The maximum atomic E-state index is 5.39. The Morgan fingerprint density at radius 2 is 2.13 bits per heavy atom. The number of benzene rings is 1. The first-order chi connectivity index (χ1) is 11.3. The van der Waals surface area contributed by atoms with Crippen molar-refractivity contribution >= 4 is 5.96 Å². The summed E-state index contributed by atoms with van der Waals surface area (Å²) in [6, 6.07) is 6.04. The van der Waals surface area contributed by atoms with E-state index in [-0.39, 0.29) is 0 Å². The van der Waals surface area contributed by atoms with E-state index in [1.165, 1.54) is 5.56 Å². The second-order valence-corrected chi connectivity index (χ2v) is 5.16. The van der Waals surface area contributed by atoms with Crippen LogP contribution in [0.4, 0.5) is 0 Å². The van der Waals surface area contributed by atoms with E-state index in [1.54, 1.807) is 19.6 Å². The fraction of sp³-hybridized carbons (Fsp3) is 0.375. The van der Waals surface area contributed by atoms with Crippen molar-refractivity contribution in [3.8, 4) is 11.5 Å². The smallest absolute Gasteiger partial charge is 0.231 e.